The first kappa shape index (κ1) is 14.9. The highest BCUT2D eigenvalue weighted by molar-refractivity contribution is 5.54. The summed E-state index contributed by atoms with van der Waals surface area (Å²) in [7, 11) is 0. The van der Waals surface area contributed by atoms with Gasteiger partial charge >= 0.3 is 6.18 Å². The van der Waals surface area contributed by atoms with Gasteiger partial charge in [0.05, 0.1) is 22.4 Å². The number of aromatic nitrogens is 3. The molecule has 0 saturated heterocycles. The van der Waals surface area contributed by atoms with E-state index in [9.17, 15) is 23.3 Å². The van der Waals surface area contributed by atoms with Crippen molar-refractivity contribution in [3.8, 4) is 5.69 Å². The van der Waals surface area contributed by atoms with Crippen molar-refractivity contribution in [3.05, 3.63) is 45.8 Å². The predicted octanol–water partition coefficient (Wildman–Crippen LogP) is 1.70. The van der Waals surface area contributed by atoms with Crippen LogP contribution in [0.5, 0.6) is 0 Å². The Balaban J connectivity index is 2.49. The van der Waals surface area contributed by atoms with E-state index in [4.69, 9.17) is 5.73 Å². The zero-order valence-corrected chi connectivity index (χ0v) is 10.5. The number of benzene rings is 1. The summed E-state index contributed by atoms with van der Waals surface area (Å²) >= 11 is 0. The molecule has 0 fully saturated rings. The van der Waals surface area contributed by atoms with Crippen LogP contribution in [0.25, 0.3) is 5.69 Å². The molecule has 0 amide bonds. The second-order valence-corrected chi connectivity index (χ2v) is 4.15. The molecular formula is C11H10F3N5O2. The molecule has 0 aliphatic rings. The minimum atomic E-state index is -4.66. The van der Waals surface area contributed by atoms with Gasteiger partial charge in [-0.05, 0) is 18.7 Å². The molecule has 21 heavy (non-hydrogen) atoms. The first-order valence-corrected chi connectivity index (χ1v) is 5.80. The summed E-state index contributed by atoms with van der Waals surface area (Å²) in [4.78, 5) is 10.1. The van der Waals surface area contributed by atoms with Gasteiger partial charge in [-0.3, -0.25) is 10.1 Å². The van der Waals surface area contributed by atoms with Crippen molar-refractivity contribution in [1.82, 2.24) is 15.0 Å². The summed E-state index contributed by atoms with van der Waals surface area (Å²) in [5.74, 6) is 0. The van der Waals surface area contributed by atoms with Crippen molar-refractivity contribution in [2.45, 2.75) is 12.6 Å². The Morgan fingerprint density at radius 2 is 2.10 bits per heavy atom. The molecule has 10 heteroatoms. The maximum absolute atomic E-state index is 12.6. The molecule has 1 aromatic carbocycles. The number of nitro benzene ring substituents is 1. The molecular weight excluding hydrogens is 291 g/mol. The number of alkyl halides is 3. The summed E-state index contributed by atoms with van der Waals surface area (Å²) in [6, 6.07) is 2.22. The van der Waals surface area contributed by atoms with Gasteiger partial charge in [-0.15, -0.1) is 5.10 Å². The molecule has 0 spiro atoms. The fourth-order valence-corrected chi connectivity index (χ4v) is 1.72. The average Bonchev–Trinajstić information content (AvgIpc) is 2.86. The Hall–Kier alpha value is -2.49. The Labute approximate surface area is 116 Å². The lowest BCUT2D eigenvalue weighted by Crippen LogP contribution is -2.08. The van der Waals surface area contributed by atoms with Gasteiger partial charge in [0.2, 0.25) is 0 Å². The van der Waals surface area contributed by atoms with Crippen LogP contribution in [0, 0.1) is 10.1 Å². The van der Waals surface area contributed by atoms with Crippen LogP contribution < -0.4 is 5.73 Å². The number of rotatable bonds is 4. The van der Waals surface area contributed by atoms with E-state index in [0.29, 0.717) is 24.7 Å². The third-order valence-electron chi connectivity index (χ3n) is 2.69. The van der Waals surface area contributed by atoms with Crippen LogP contribution in [0.1, 0.15) is 11.3 Å². The predicted molar refractivity (Wildman–Crippen MR) is 65.8 cm³/mol. The van der Waals surface area contributed by atoms with E-state index < -0.39 is 22.4 Å². The lowest BCUT2D eigenvalue weighted by atomic mass is 10.1. The highest BCUT2D eigenvalue weighted by Gasteiger charge is 2.33. The maximum Gasteiger partial charge on any atom is 0.416 e. The highest BCUT2D eigenvalue weighted by Crippen LogP contribution is 2.34. The molecule has 1 heterocycles. The monoisotopic (exact) mass is 301 g/mol. The maximum atomic E-state index is 12.6. The summed E-state index contributed by atoms with van der Waals surface area (Å²) in [5.41, 5.74) is 3.95. The van der Waals surface area contributed by atoms with Gasteiger partial charge in [-0.25, -0.2) is 4.68 Å². The molecule has 112 valence electrons. The summed E-state index contributed by atoms with van der Waals surface area (Å²) in [6.45, 7) is 0.313. The number of nitrogens with two attached hydrogens (primary N) is 1. The fraction of sp³-hybridized carbons (Fsp3) is 0.273. The zero-order chi connectivity index (χ0) is 15.6. The zero-order valence-electron chi connectivity index (χ0n) is 10.5. The van der Waals surface area contributed by atoms with Gasteiger partial charge in [0, 0.05) is 12.5 Å². The molecule has 1 aromatic heterocycles. The van der Waals surface area contributed by atoms with Crippen LogP contribution in [0.2, 0.25) is 0 Å². The van der Waals surface area contributed by atoms with Crippen LogP contribution in [0.15, 0.2) is 24.4 Å². The third-order valence-corrected chi connectivity index (χ3v) is 2.69. The quantitative estimate of drug-likeness (QED) is 0.684. The second kappa shape index (κ2) is 5.48. The molecule has 0 aliphatic carbocycles. The topological polar surface area (TPSA) is 99.9 Å². The summed E-state index contributed by atoms with van der Waals surface area (Å²) in [6.07, 6.45) is -2.85. The smallest absolute Gasteiger partial charge is 0.330 e. The van der Waals surface area contributed by atoms with E-state index in [0.717, 1.165) is 16.8 Å². The van der Waals surface area contributed by atoms with Crippen LogP contribution in [0.3, 0.4) is 0 Å². The molecule has 0 aliphatic heterocycles. The van der Waals surface area contributed by atoms with Crippen molar-refractivity contribution >= 4 is 5.69 Å². The van der Waals surface area contributed by atoms with Crippen molar-refractivity contribution in [2.75, 3.05) is 6.54 Å². The molecule has 7 nitrogen and oxygen atoms in total. The standard InChI is InChI=1S/C11H10F3N5O2/c12-11(13,14)7-1-2-9(10(5-7)19(20)21)18-6-8(3-4-15)16-17-18/h1-2,5-6H,3-4,15H2. The first-order valence-electron chi connectivity index (χ1n) is 5.80. The highest BCUT2D eigenvalue weighted by atomic mass is 19.4. The minimum absolute atomic E-state index is 0.0937. The van der Waals surface area contributed by atoms with Gasteiger partial charge in [0.25, 0.3) is 5.69 Å². The Kier molecular flexibility index (Phi) is 3.89. The largest absolute Gasteiger partial charge is 0.416 e. The van der Waals surface area contributed by atoms with E-state index in [-0.39, 0.29) is 5.69 Å². The first-order chi connectivity index (χ1) is 9.82. The Morgan fingerprint density at radius 1 is 1.38 bits per heavy atom. The number of hydrogen-bond acceptors (Lipinski definition) is 5. The molecule has 0 atom stereocenters. The van der Waals surface area contributed by atoms with Gasteiger partial charge in [-0.1, -0.05) is 5.21 Å². The summed E-state index contributed by atoms with van der Waals surface area (Å²) in [5, 5.41) is 18.4. The molecule has 0 radical (unpaired) electrons. The van der Waals surface area contributed by atoms with Crippen LogP contribution in [-0.4, -0.2) is 26.5 Å². The van der Waals surface area contributed by atoms with E-state index in [2.05, 4.69) is 10.3 Å². The molecule has 0 unspecified atom stereocenters. The van der Waals surface area contributed by atoms with Crippen molar-refractivity contribution in [2.24, 2.45) is 5.73 Å². The van der Waals surface area contributed by atoms with Gasteiger partial charge in [-0.2, -0.15) is 13.2 Å². The van der Waals surface area contributed by atoms with Gasteiger partial charge < -0.3 is 5.73 Å². The Bertz CT molecular complexity index is 668. The van der Waals surface area contributed by atoms with E-state index in [1.54, 1.807) is 0 Å². The molecule has 2 N–H and O–H groups in total. The van der Waals surface area contributed by atoms with Gasteiger partial charge in [0.1, 0.15) is 5.69 Å². The van der Waals surface area contributed by atoms with Crippen LogP contribution >= 0.6 is 0 Å². The molecule has 2 aromatic rings. The normalized spacial score (nSPS) is 11.6. The molecule has 2 rings (SSSR count). The van der Waals surface area contributed by atoms with Crippen LogP contribution in [0.4, 0.5) is 18.9 Å². The second-order valence-electron chi connectivity index (χ2n) is 4.15. The number of hydrogen-bond donors (Lipinski definition) is 1. The molecule has 0 saturated carbocycles. The number of nitrogens with zero attached hydrogens (tertiary/aromatic N) is 4. The number of nitro groups is 1. The van der Waals surface area contributed by atoms with Crippen LogP contribution in [-0.2, 0) is 12.6 Å². The van der Waals surface area contributed by atoms with Crippen molar-refractivity contribution in [3.63, 3.8) is 0 Å². The SMILES string of the molecule is NCCc1cn(-c2ccc(C(F)(F)F)cc2[N+](=O)[O-])nn1. The third kappa shape index (κ3) is 3.16. The Morgan fingerprint density at radius 3 is 2.67 bits per heavy atom. The van der Waals surface area contributed by atoms with Crippen molar-refractivity contribution in [1.29, 1.82) is 0 Å². The minimum Gasteiger partial charge on any atom is -0.330 e. The summed E-state index contributed by atoms with van der Waals surface area (Å²) < 4.78 is 38.9. The average molecular weight is 301 g/mol. The van der Waals surface area contributed by atoms with E-state index in [1.807, 2.05) is 0 Å². The van der Waals surface area contributed by atoms with E-state index >= 15 is 0 Å². The van der Waals surface area contributed by atoms with E-state index in [1.165, 1.54) is 6.20 Å². The lowest BCUT2D eigenvalue weighted by molar-refractivity contribution is -0.384. The molecule has 0 bridgehead atoms. The fourth-order valence-electron chi connectivity index (χ4n) is 1.72. The van der Waals surface area contributed by atoms with Gasteiger partial charge in [0.15, 0.2) is 0 Å². The number of halogens is 3. The lowest BCUT2D eigenvalue weighted by Gasteiger charge is -2.08. The van der Waals surface area contributed by atoms with Crippen molar-refractivity contribution < 1.29 is 18.1 Å².